The number of carbonyl (C=O) groups is 2. The van der Waals surface area contributed by atoms with Crippen LogP contribution in [0, 0.1) is 5.92 Å². The summed E-state index contributed by atoms with van der Waals surface area (Å²) in [5.74, 6) is -0.371. The first-order chi connectivity index (χ1) is 16.3. The lowest BCUT2D eigenvalue weighted by Crippen LogP contribution is -2.40. The maximum Gasteiger partial charge on any atom is 0.264 e. The molecule has 0 saturated carbocycles. The second kappa shape index (κ2) is 9.99. The van der Waals surface area contributed by atoms with Crippen LogP contribution in [0.15, 0.2) is 66.1 Å². The van der Waals surface area contributed by atoms with E-state index in [4.69, 9.17) is 4.74 Å². The van der Waals surface area contributed by atoms with Gasteiger partial charge in [0, 0.05) is 38.4 Å². The molecule has 2 amide bonds. The molecule has 0 spiro atoms. The Hall–Kier alpha value is -3.17. The molecule has 0 bridgehead atoms. The molecule has 9 heteroatoms. The Bertz CT molecular complexity index is 1170. The summed E-state index contributed by atoms with van der Waals surface area (Å²) in [6, 6.07) is 13.3. The predicted molar refractivity (Wildman–Crippen MR) is 130 cm³/mol. The average molecular weight is 484 g/mol. The molecule has 2 aromatic rings. The van der Waals surface area contributed by atoms with E-state index >= 15 is 0 Å². The van der Waals surface area contributed by atoms with Crippen molar-refractivity contribution in [1.29, 1.82) is 0 Å². The minimum Gasteiger partial charge on any atom is -0.381 e. The standard InChI is InChI=1S/C25H29N3O5S/c1-3-24(29)26-22-12-15-28(23-7-5-4-6-21(22)23)34(31,32)20-10-8-19(9-11-20)27(2)25(30)18-13-16-33-17-14-18/h3-11,18,22H,1,12-17H2,2H3,(H,26,29). The second-order valence-electron chi connectivity index (χ2n) is 8.47. The van der Waals surface area contributed by atoms with Gasteiger partial charge < -0.3 is 15.0 Å². The normalized spacial score (nSPS) is 18.6. The number of amides is 2. The van der Waals surface area contributed by atoms with Crippen LogP contribution in [0.5, 0.6) is 0 Å². The Morgan fingerprint density at radius 3 is 2.44 bits per heavy atom. The third kappa shape index (κ3) is 4.71. The van der Waals surface area contributed by atoms with Crippen LogP contribution >= 0.6 is 0 Å². The molecule has 1 unspecified atom stereocenters. The monoisotopic (exact) mass is 483 g/mol. The van der Waals surface area contributed by atoms with E-state index < -0.39 is 10.0 Å². The van der Waals surface area contributed by atoms with E-state index in [1.54, 1.807) is 36.2 Å². The maximum atomic E-state index is 13.5. The Labute approximate surface area is 200 Å². The molecule has 0 radical (unpaired) electrons. The molecule has 4 rings (SSSR count). The van der Waals surface area contributed by atoms with E-state index in [2.05, 4.69) is 11.9 Å². The van der Waals surface area contributed by atoms with E-state index in [0.717, 1.165) is 5.56 Å². The topological polar surface area (TPSA) is 96.0 Å². The number of benzene rings is 2. The van der Waals surface area contributed by atoms with Gasteiger partial charge in [-0.25, -0.2) is 8.42 Å². The molecule has 8 nitrogen and oxygen atoms in total. The van der Waals surface area contributed by atoms with Crippen molar-refractivity contribution < 1.29 is 22.7 Å². The van der Waals surface area contributed by atoms with Gasteiger partial charge in [0.1, 0.15) is 0 Å². The zero-order valence-corrected chi connectivity index (χ0v) is 20.0. The van der Waals surface area contributed by atoms with Gasteiger partial charge in [-0.1, -0.05) is 24.8 Å². The Balaban J connectivity index is 1.56. The molecule has 180 valence electrons. The third-order valence-electron chi connectivity index (χ3n) is 6.42. The highest BCUT2D eigenvalue weighted by atomic mass is 32.2. The number of nitrogens with one attached hydrogen (secondary N) is 1. The van der Waals surface area contributed by atoms with Gasteiger partial charge in [-0.3, -0.25) is 13.9 Å². The molecule has 1 N–H and O–H groups in total. The molecule has 0 aromatic heterocycles. The summed E-state index contributed by atoms with van der Waals surface area (Å²) in [6.07, 6.45) is 3.03. The van der Waals surface area contributed by atoms with Crippen LogP contribution in [0.2, 0.25) is 0 Å². The highest BCUT2D eigenvalue weighted by Crippen LogP contribution is 2.37. The van der Waals surface area contributed by atoms with Crippen molar-refractivity contribution in [2.45, 2.75) is 30.2 Å². The van der Waals surface area contributed by atoms with Crippen molar-refractivity contribution >= 4 is 33.2 Å². The summed E-state index contributed by atoms with van der Waals surface area (Å²) >= 11 is 0. The van der Waals surface area contributed by atoms with Crippen LogP contribution in [0.3, 0.4) is 0 Å². The summed E-state index contributed by atoms with van der Waals surface area (Å²) in [4.78, 5) is 26.4. The molecule has 1 fully saturated rings. The fourth-order valence-corrected chi connectivity index (χ4v) is 5.98. The van der Waals surface area contributed by atoms with Gasteiger partial charge in [0.05, 0.1) is 16.6 Å². The van der Waals surface area contributed by atoms with E-state index in [9.17, 15) is 18.0 Å². The smallest absolute Gasteiger partial charge is 0.264 e. The largest absolute Gasteiger partial charge is 0.381 e. The first kappa shape index (κ1) is 24.0. The number of fused-ring (bicyclic) bond motifs is 1. The number of hydrogen-bond donors (Lipinski definition) is 1. The minimum absolute atomic E-state index is 0.0106. The van der Waals surface area contributed by atoms with Crippen molar-refractivity contribution in [3.05, 3.63) is 66.7 Å². The number of anilines is 2. The molecule has 0 aliphatic carbocycles. The third-order valence-corrected chi connectivity index (χ3v) is 8.24. The van der Waals surface area contributed by atoms with Crippen LogP contribution in [0.25, 0.3) is 0 Å². The molecule has 2 heterocycles. The van der Waals surface area contributed by atoms with E-state index in [-0.39, 0.29) is 35.2 Å². The molecule has 1 atom stereocenters. The number of sulfonamides is 1. The summed E-state index contributed by atoms with van der Waals surface area (Å²) in [5.41, 5.74) is 1.92. The number of rotatable bonds is 6. The average Bonchev–Trinajstić information content (AvgIpc) is 2.88. The highest BCUT2D eigenvalue weighted by molar-refractivity contribution is 7.92. The lowest BCUT2D eigenvalue weighted by atomic mass is 9.98. The lowest BCUT2D eigenvalue weighted by Gasteiger charge is -2.35. The van der Waals surface area contributed by atoms with Gasteiger partial charge in [-0.15, -0.1) is 0 Å². The molecule has 34 heavy (non-hydrogen) atoms. The lowest BCUT2D eigenvalue weighted by molar-refractivity contribution is -0.124. The van der Waals surface area contributed by atoms with Crippen LogP contribution in [-0.2, 0) is 24.3 Å². The van der Waals surface area contributed by atoms with Crippen molar-refractivity contribution in [1.82, 2.24) is 5.32 Å². The zero-order chi connectivity index (χ0) is 24.3. The van der Waals surface area contributed by atoms with E-state index in [0.29, 0.717) is 43.9 Å². The molecule has 2 aliphatic rings. The summed E-state index contributed by atoms with van der Waals surface area (Å²) in [6.45, 7) is 4.87. The fourth-order valence-electron chi connectivity index (χ4n) is 4.48. The van der Waals surface area contributed by atoms with E-state index in [1.807, 2.05) is 12.1 Å². The quantitative estimate of drug-likeness (QED) is 0.638. The SMILES string of the molecule is C=CC(=O)NC1CCN(S(=O)(=O)c2ccc(N(C)C(=O)C3CCOCC3)cc2)c2ccccc21. The van der Waals surface area contributed by atoms with Gasteiger partial charge in [0.25, 0.3) is 10.0 Å². The first-order valence-corrected chi connectivity index (χ1v) is 12.8. The van der Waals surface area contributed by atoms with E-state index in [1.165, 1.54) is 22.5 Å². The van der Waals surface area contributed by atoms with Gasteiger partial charge in [0.2, 0.25) is 11.8 Å². The maximum absolute atomic E-state index is 13.5. The minimum atomic E-state index is -3.84. The Morgan fingerprint density at radius 1 is 1.09 bits per heavy atom. The number of hydrogen-bond acceptors (Lipinski definition) is 5. The number of ether oxygens (including phenoxy) is 1. The first-order valence-electron chi connectivity index (χ1n) is 11.3. The van der Waals surface area contributed by atoms with Crippen LogP contribution in [0.1, 0.15) is 30.9 Å². The molecule has 1 saturated heterocycles. The van der Waals surface area contributed by atoms with Gasteiger partial charge >= 0.3 is 0 Å². The van der Waals surface area contributed by atoms with Crippen molar-refractivity contribution in [3.8, 4) is 0 Å². The number of carbonyl (C=O) groups excluding carboxylic acids is 2. The highest BCUT2D eigenvalue weighted by Gasteiger charge is 2.33. The fraction of sp³-hybridized carbons (Fsp3) is 0.360. The molecular weight excluding hydrogens is 454 g/mol. The molecular formula is C25H29N3O5S. The summed E-state index contributed by atoms with van der Waals surface area (Å²) < 4.78 is 33.8. The van der Waals surface area contributed by atoms with Crippen molar-refractivity contribution in [3.63, 3.8) is 0 Å². The van der Waals surface area contributed by atoms with Crippen LogP contribution in [-0.4, -0.2) is 47.0 Å². The second-order valence-corrected chi connectivity index (χ2v) is 10.3. The Morgan fingerprint density at radius 2 is 1.76 bits per heavy atom. The zero-order valence-electron chi connectivity index (χ0n) is 19.1. The van der Waals surface area contributed by atoms with Crippen LogP contribution in [0.4, 0.5) is 11.4 Å². The van der Waals surface area contributed by atoms with Gasteiger partial charge in [-0.2, -0.15) is 0 Å². The number of nitrogens with zero attached hydrogens (tertiary/aromatic N) is 2. The van der Waals surface area contributed by atoms with Crippen LogP contribution < -0.4 is 14.5 Å². The Kier molecular flexibility index (Phi) is 7.04. The van der Waals surface area contributed by atoms with Gasteiger partial charge in [0.15, 0.2) is 0 Å². The van der Waals surface area contributed by atoms with Crippen molar-refractivity contribution in [2.75, 3.05) is 36.0 Å². The molecule has 2 aliphatic heterocycles. The summed E-state index contributed by atoms with van der Waals surface area (Å²) in [5, 5.41) is 2.87. The number of para-hydroxylation sites is 1. The van der Waals surface area contributed by atoms with Crippen molar-refractivity contribution in [2.24, 2.45) is 5.92 Å². The van der Waals surface area contributed by atoms with Gasteiger partial charge in [-0.05, 0) is 61.2 Å². The predicted octanol–water partition coefficient (Wildman–Crippen LogP) is 3.02. The molecule has 2 aromatic carbocycles. The summed E-state index contributed by atoms with van der Waals surface area (Å²) in [7, 11) is -2.13.